The van der Waals surface area contributed by atoms with E-state index >= 15 is 0 Å². The predicted molar refractivity (Wildman–Crippen MR) is 141 cm³/mol. The van der Waals surface area contributed by atoms with Crippen LogP contribution in [0.3, 0.4) is 0 Å². The van der Waals surface area contributed by atoms with E-state index in [1.807, 2.05) is 35.2 Å². The molecule has 0 unspecified atom stereocenters. The summed E-state index contributed by atoms with van der Waals surface area (Å²) in [7, 11) is 0. The number of hydrogen-bond acceptors (Lipinski definition) is 6. The van der Waals surface area contributed by atoms with Crippen LogP contribution in [0.25, 0.3) is 0 Å². The molecule has 1 amide bonds. The number of carbonyl (C=O) groups excluding carboxylic acids is 1. The lowest BCUT2D eigenvalue weighted by atomic mass is 9.83. The van der Waals surface area contributed by atoms with E-state index in [0.29, 0.717) is 48.8 Å². The van der Waals surface area contributed by atoms with E-state index in [1.54, 1.807) is 24.4 Å². The number of ether oxygens (including phenoxy) is 1. The Balaban J connectivity index is 1.35. The fourth-order valence-electron chi connectivity index (χ4n) is 4.57. The minimum Gasteiger partial charge on any atom is -0.486 e. The van der Waals surface area contributed by atoms with Gasteiger partial charge in [0.15, 0.2) is 5.13 Å². The number of nitrogens with zero attached hydrogens (tertiary/aromatic N) is 2. The Morgan fingerprint density at radius 3 is 2.78 bits per heavy atom. The number of para-hydroxylation sites is 1. The molecule has 1 aliphatic rings. The van der Waals surface area contributed by atoms with Crippen molar-refractivity contribution in [3.05, 3.63) is 77.1 Å². The lowest BCUT2D eigenvalue weighted by Gasteiger charge is -2.44. The van der Waals surface area contributed by atoms with Gasteiger partial charge in [0.2, 0.25) is 5.91 Å². The molecule has 8 heteroatoms. The Labute approximate surface area is 216 Å². The summed E-state index contributed by atoms with van der Waals surface area (Å²) < 4.78 is 20.2. The van der Waals surface area contributed by atoms with Crippen molar-refractivity contribution in [3.8, 4) is 5.75 Å². The third-order valence-electron chi connectivity index (χ3n) is 6.61. The summed E-state index contributed by atoms with van der Waals surface area (Å²) >= 11 is 1.35. The summed E-state index contributed by atoms with van der Waals surface area (Å²) in [5.74, 6) is 0.299. The molecule has 2 heterocycles. The second kappa shape index (κ2) is 12.4. The minimum absolute atomic E-state index is 0.170. The lowest BCUT2D eigenvalue weighted by Crippen LogP contribution is -2.58. The van der Waals surface area contributed by atoms with Gasteiger partial charge in [-0.3, -0.25) is 9.69 Å². The molecule has 1 fully saturated rings. The molecule has 0 bridgehead atoms. The van der Waals surface area contributed by atoms with Gasteiger partial charge in [0.1, 0.15) is 23.3 Å². The van der Waals surface area contributed by atoms with Gasteiger partial charge in [-0.15, -0.1) is 11.3 Å². The molecule has 0 aliphatic carbocycles. The van der Waals surface area contributed by atoms with Crippen molar-refractivity contribution in [2.24, 2.45) is 0 Å². The zero-order valence-electron chi connectivity index (χ0n) is 20.7. The Kier molecular flexibility index (Phi) is 9.07. The molecule has 0 saturated carbocycles. The van der Waals surface area contributed by atoms with Crippen molar-refractivity contribution in [3.63, 3.8) is 0 Å². The van der Waals surface area contributed by atoms with E-state index in [0.717, 1.165) is 24.1 Å². The first-order valence-corrected chi connectivity index (χ1v) is 13.4. The highest BCUT2D eigenvalue weighted by atomic mass is 32.1. The maximum absolute atomic E-state index is 13.9. The van der Waals surface area contributed by atoms with E-state index in [2.05, 4.69) is 17.2 Å². The molecule has 1 saturated heterocycles. The number of nitrogens with one attached hydrogen (secondary N) is 1. The molecule has 2 atom stereocenters. The molecule has 1 aliphatic heterocycles. The summed E-state index contributed by atoms with van der Waals surface area (Å²) in [5.41, 5.74) is -0.322. The monoisotopic (exact) mass is 511 g/mol. The van der Waals surface area contributed by atoms with E-state index in [1.165, 1.54) is 17.4 Å². The maximum atomic E-state index is 13.9. The third-order valence-corrected chi connectivity index (χ3v) is 7.52. The Morgan fingerprint density at radius 2 is 2.00 bits per heavy atom. The fraction of sp³-hybridized carbons (Fsp3) is 0.429. The molecule has 0 spiro atoms. The van der Waals surface area contributed by atoms with Crippen LogP contribution in [-0.4, -0.2) is 52.2 Å². The number of rotatable bonds is 11. The van der Waals surface area contributed by atoms with Crippen LogP contribution in [0.1, 0.15) is 49.5 Å². The van der Waals surface area contributed by atoms with Crippen molar-refractivity contribution < 1.29 is 19.0 Å². The average molecular weight is 512 g/mol. The van der Waals surface area contributed by atoms with E-state index in [9.17, 15) is 14.3 Å². The van der Waals surface area contributed by atoms with Crippen LogP contribution in [0.2, 0.25) is 0 Å². The molecular weight excluding hydrogens is 477 g/mol. The molecule has 4 rings (SSSR count). The number of carbonyl (C=O) groups is 1. The van der Waals surface area contributed by atoms with E-state index in [4.69, 9.17) is 4.74 Å². The van der Waals surface area contributed by atoms with Gasteiger partial charge in [-0.25, -0.2) is 9.37 Å². The number of aliphatic hydroxyl groups is 1. The number of benzene rings is 2. The van der Waals surface area contributed by atoms with Gasteiger partial charge >= 0.3 is 0 Å². The summed E-state index contributed by atoms with van der Waals surface area (Å²) in [6, 6.07) is 16.2. The fourth-order valence-corrected chi connectivity index (χ4v) is 5.42. The van der Waals surface area contributed by atoms with Gasteiger partial charge in [-0.2, -0.15) is 0 Å². The summed E-state index contributed by atoms with van der Waals surface area (Å²) in [5, 5.41) is 14.8. The highest BCUT2D eigenvalue weighted by molar-refractivity contribution is 7.15. The Hall–Kier alpha value is -2.81. The van der Waals surface area contributed by atoms with Gasteiger partial charge in [-0.05, 0) is 36.6 Å². The Morgan fingerprint density at radius 1 is 1.22 bits per heavy atom. The predicted octanol–water partition coefficient (Wildman–Crippen LogP) is 5.28. The number of aromatic nitrogens is 1. The van der Waals surface area contributed by atoms with Crippen molar-refractivity contribution in [1.82, 2.24) is 9.88 Å². The molecule has 192 valence electrons. The van der Waals surface area contributed by atoms with Crippen LogP contribution in [0.4, 0.5) is 9.52 Å². The molecule has 0 radical (unpaired) electrons. The van der Waals surface area contributed by atoms with Crippen molar-refractivity contribution in [2.45, 2.75) is 57.2 Å². The molecular formula is C28H34FN3O3S. The average Bonchev–Trinajstić information content (AvgIpc) is 3.30. The van der Waals surface area contributed by atoms with Gasteiger partial charge in [0, 0.05) is 30.6 Å². The highest BCUT2D eigenvalue weighted by Crippen LogP contribution is 2.31. The number of anilines is 1. The maximum Gasteiger partial charge on any atom is 0.240 e. The lowest BCUT2D eigenvalue weighted by molar-refractivity contribution is -0.127. The molecule has 36 heavy (non-hydrogen) atoms. The van der Waals surface area contributed by atoms with Gasteiger partial charge in [0.25, 0.3) is 0 Å². The largest absolute Gasteiger partial charge is 0.486 e. The minimum atomic E-state index is -0.922. The first kappa shape index (κ1) is 26.3. The molecule has 2 N–H and O–H groups in total. The zero-order chi connectivity index (χ0) is 25.4. The molecule has 1 aromatic heterocycles. The number of hydrogen-bond donors (Lipinski definition) is 2. The van der Waals surface area contributed by atoms with E-state index in [-0.39, 0.29) is 18.3 Å². The molecule has 6 nitrogen and oxygen atoms in total. The van der Waals surface area contributed by atoms with Crippen molar-refractivity contribution in [1.29, 1.82) is 0 Å². The SMILES string of the molecule is CCCCC[C@]1(O)CCN(CC(=O)Nc2ncc(Cc3ccccc3F)s2)C[C@@H]1Oc1ccccc1. The number of piperidine rings is 1. The van der Waals surface area contributed by atoms with Crippen molar-refractivity contribution >= 4 is 22.4 Å². The van der Waals surface area contributed by atoms with Crippen LogP contribution in [0.15, 0.2) is 60.8 Å². The quantitative estimate of drug-likeness (QED) is 0.343. The summed E-state index contributed by atoms with van der Waals surface area (Å²) in [4.78, 5) is 20.0. The van der Waals surface area contributed by atoms with E-state index < -0.39 is 11.7 Å². The van der Waals surface area contributed by atoms with Gasteiger partial charge < -0.3 is 15.2 Å². The van der Waals surface area contributed by atoms with Crippen LogP contribution < -0.4 is 10.1 Å². The zero-order valence-corrected chi connectivity index (χ0v) is 21.5. The highest BCUT2D eigenvalue weighted by Gasteiger charge is 2.43. The second-order valence-electron chi connectivity index (χ2n) is 9.41. The van der Waals surface area contributed by atoms with Crippen LogP contribution >= 0.6 is 11.3 Å². The van der Waals surface area contributed by atoms with Gasteiger partial charge in [0.05, 0.1) is 6.54 Å². The summed E-state index contributed by atoms with van der Waals surface area (Å²) in [6.07, 6.45) is 6.01. The Bertz CT molecular complexity index is 1130. The third kappa shape index (κ3) is 7.12. The first-order chi connectivity index (χ1) is 17.4. The number of thiazole rings is 1. The normalized spacial score (nSPS) is 20.2. The smallest absolute Gasteiger partial charge is 0.240 e. The van der Waals surface area contributed by atoms with Crippen LogP contribution in [-0.2, 0) is 11.2 Å². The van der Waals surface area contributed by atoms with Crippen molar-refractivity contribution in [2.75, 3.05) is 25.0 Å². The number of amides is 1. The van der Waals surface area contributed by atoms with Gasteiger partial charge in [-0.1, -0.05) is 62.6 Å². The number of halogens is 1. The summed E-state index contributed by atoms with van der Waals surface area (Å²) in [6.45, 7) is 3.40. The molecule has 2 aromatic carbocycles. The number of likely N-dealkylation sites (tertiary alicyclic amines) is 1. The van der Waals surface area contributed by atoms with Crippen LogP contribution in [0, 0.1) is 5.82 Å². The van der Waals surface area contributed by atoms with Crippen LogP contribution in [0.5, 0.6) is 5.75 Å². The molecule has 3 aromatic rings. The second-order valence-corrected chi connectivity index (χ2v) is 10.5. The standard InChI is InChI=1S/C28H34FN3O3S/c1-2-3-9-14-28(34)15-16-32(19-25(28)35-22-11-5-4-6-12-22)20-26(33)31-27-30-18-23(36-27)17-21-10-7-8-13-24(21)29/h4-8,10-13,18,25,34H,2-3,9,14-17,19-20H2,1H3,(H,30,31,33)/t25-,28-/m0/s1. The number of unbranched alkanes of at least 4 members (excludes halogenated alkanes) is 2. The topological polar surface area (TPSA) is 74.7 Å². The first-order valence-electron chi connectivity index (χ1n) is 12.6.